The Kier molecular flexibility index (Phi) is 5.51. The molecule has 126 valence electrons. The van der Waals surface area contributed by atoms with E-state index in [0.717, 1.165) is 51.1 Å². The van der Waals surface area contributed by atoms with E-state index in [4.69, 9.17) is 15.2 Å². The van der Waals surface area contributed by atoms with Gasteiger partial charge in [0.2, 0.25) is 0 Å². The Morgan fingerprint density at radius 1 is 1.17 bits per heavy atom. The minimum Gasteiger partial charge on any atom is -0.493 e. The Bertz CT molecular complexity index is 500. The number of rotatable bonds is 5. The Hall–Kier alpha value is -1.59. The smallest absolute Gasteiger partial charge is 0.251 e. The summed E-state index contributed by atoms with van der Waals surface area (Å²) in [6.07, 6.45) is 3.46. The molecule has 1 amide bonds. The summed E-state index contributed by atoms with van der Waals surface area (Å²) in [5.74, 6) is 1.57. The van der Waals surface area contributed by atoms with Gasteiger partial charge in [0.1, 0.15) is 11.9 Å². The van der Waals surface area contributed by atoms with E-state index in [9.17, 15) is 4.79 Å². The maximum atomic E-state index is 12.5. The summed E-state index contributed by atoms with van der Waals surface area (Å²) in [6.45, 7) is 2.83. The van der Waals surface area contributed by atoms with Crippen LogP contribution in [0.25, 0.3) is 0 Å². The molecule has 0 unspecified atom stereocenters. The molecule has 2 heterocycles. The molecule has 2 fully saturated rings. The number of hydrogen-bond donors (Lipinski definition) is 1. The summed E-state index contributed by atoms with van der Waals surface area (Å²) < 4.78 is 11.5. The topological polar surface area (TPSA) is 64.8 Å². The van der Waals surface area contributed by atoms with Crippen LogP contribution in [0, 0.1) is 5.92 Å². The van der Waals surface area contributed by atoms with E-state index < -0.39 is 0 Å². The van der Waals surface area contributed by atoms with Crippen molar-refractivity contribution < 1.29 is 14.3 Å². The van der Waals surface area contributed by atoms with Crippen LogP contribution in [-0.4, -0.2) is 49.3 Å². The molecule has 2 aliphatic heterocycles. The van der Waals surface area contributed by atoms with Gasteiger partial charge in [-0.2, -0.15) is 0 Å². The molecular weight excluding hydrogens is 292 g/mol. The lowest BCUT2D eigenvalue weighted by Crippen LogP contribution is -2.44. The summed E-state index contributed by atoms with van der Waals surface area (Å²) in [6, 6.07) is 9.89. The summed E-state index contributed by atoms with van der Waals surface area (Å²) in [5.41, 5.74) is 5.61. The average Bonchev–Trinajstić information content (AvgIpc) is 3.10. The first-order chi connectivity index (χ1) is 11.3. The van der Waals surface area contributed by atoms with Crippen molar-refractivity contribution in [2.45, 2.75) is 37.9 Å². The molecule has 0 bridgehead atoms. The molecule has 1 aromatic rings. The number of hydrogen-bond acceptors (Lipinski definition) is 4. The van der Waals surface area contributed by atoms with Crippen molar-refractivity contribution in [1.82, 2.24) is 4.90 Å². The van der Waals surface area contributed by atoms with Crippen molar-refractivity contribution in [2.24, 2.45) is 11.7 Å². The lowest BCUT2D eigenvalue weighted by molar-refractivity contribution is -0.144. The standard InChI is InChI=1S/C18H26N2O3/c19-12-16-6-7-17(23-16)18(21)20-10-8-14(9-11-20)13-22-15-4-2-1-3-5-15/h1-5,14,16-17H,6-13,19H2/t16-,17+/m1/s1. The Morgan fingerprint density at radius 2 is 1.91 bits per heavy atom. The monoisotopic (exact) mass is 318 g/mol. The van der Waals surface area contributed by atoms with Crippen LogP contribution < -0.4 is 10.5 Å². The van der Waals surface area contributed by atoms with E-state index in [1.807, 2.05) is 35.2 Å². The number of benzene rings is 1. The van der Waals surface area contributed by atoms with Crippen molar-refractivity contribution in [1.29, 1.82) is 0 Å². The number of nitrogens with zero attached hydrogens (tertiary/aromatic N) is 1. The predicted octanol–water partition coefficient (Wildman–Crippen LogP) is 1.81. The first-order valence-electron chi connectivity index (χ1n) is 8.58. The highest BCUT2D eigenvalue weighted by Crippen LogP contribution is 2.24. The van der Waals surface area contributed by atoms with Gasteiger partial charge in [-0.05, 0) is 43.7 Å². The molecule has 3 rings (SSSR count). The molecule has 23 heavy (non-hydrogen) atoms. The molecule has 0 saturated carbocycles. The highest BCUT2D eigenvalue weighted by Gasteiger charge is 2.34. The van der Waals surface area contributed by atoms with Gasteiger partial charge in [0, 0.05) is 19.6 Å². The molecule has 0 aliphatic carbocycles. The minimum atomic E-state index is -0.277. The molecule has 5 nitrogen and oxygen atoms in total. The van der Waals surface area contributed by atoms with Gasteiger partial charge in [0.05, 0.1) is 12.7 Å². The number of ether oxygens (including phenoxy) is 2. The first kappa shape index (κ1) is 16.3. The van der Waals surface area contributed by atoms with E-state index in [-0.39, 0.29) is 18.1 Å². The van der Waals surface area contributed by atoms with E-state index in [2.05, 4.69) is 0 Å². The zero-order chi connectivity index (χ0) is 16.1. The molecule has 2 aliphatic rings. The van der Waals surface area contributed by atoms with Crippen LogP contribution in [0.3, 0.4) is 0 Å². The van der Waals surface area contributed by atoms with Crippen molar-refractivity contribution in [2.75, 3.05) is 26.2 Å². The summed E-state index contributed by atoms with van der Waals surface area (Å²) in [4.78, 5) is 14.4. The van der Waals surface area contributed by atoms with E-state index >= 15 is 0 Å². The second-order valence-corrected chi connectivity index (χ2v) is 6.45. The van der Waals surface area contributed by atoms with Crippen LogP contribution in [0.5, 0.6) is 5.75 Å². The van der Waals surface area contributed by atoms with E-state index in [0.29, 0.717) is 12.5 Å². The maximum Gasteiger partial charge on any atom is 0.251 e. The number of amides is 1. The second-order valence-electron chi connectivity index (χ2n) is 6.45. The zero-order valence-electron chi connectivity index (χ0n) is 13.5. The number of carbonyl (C=O) groups is 1. The Morgan fingerprint density at radius 3 is 2.57 bits per heavy atom. The molecule has 2 N–H and O–H groups in total. The van der Waals surface area contributed by atoms with Crippen LogP contribution in [0.15, 0.2) is 30.3 Å². The van der Waals surface area contributed by atoms with Gasteiger partial charge < -0.3 is 20.1 Å². The Labute approximate surface area is 137 Å². The van der Waals surface area contributed by atoms with Gasteiger partial charge in [-0.1, -0.05) is 18.2 Å². The summed E-state index contributed by atoms with van der Waals surface area (Å²) in [5, 5.41) is 0. The third kappa shape index (κ3) is 4.24. The van der Waals surface area contributed by atoms with Crippen molar-refractivity contribution >= 4 is 5.91 Å². The number of para-hydroxylation sites is 1. The predicted molar refractivity (Wildman–Crippen MR) is 88.2 cm³/mol. The fourth-order valence-electron chi connectivity index (χ4n) is 3.32. The zero-order valence-corrected chi connectivity index (χ0v) is 13.5. The molecule has 1 aromatic carbocycles. The third-order valence-electron chi connectivity index (χ3n) is 4.80. The molecule has 0 spiro atoms. The maximum absolute atomic E-state index is 12.5. The van der Waals surface area contributed by atoms with Crippen LogP contribution in [-0.2, 0) is 9.53 Å². The highest BCUT2D eigenvalue weighted by molar-refractivity contribution is 5.81. The highest BCUT2D eigenvalue weighted by atomic mass is 16.5. The van der Waals surface area contributed by atoms with Gasteiger partial charge in [0.25, 0.3) is 5.91 Å². The molecule has 2 atom stereocenters. The normalized spacial score (nSPS) is 25.5. The van der Waals surface area contributed by atoms with Gasteiger partial charge in [0.15, 0.2) is 0 Å². The van der Waals surface area contributed by atoms with E-state index in [1.165, 1.54) is 0 Å². The summed E-state index contributed by atoms with van der Waals surface area (Å²) in [7, 11) is 0. The molecular formula is C18H26N2O3. The van der Waals surface area contributed by atoms with Gasteiger partial charge >= 0.3 is 0 Å². The average molecular weight is 318 g/mol. The van der Waals surface area contributed by atoms with Crippen LogP contribution in [0.1, 0.15) is 25.7 Å². The Balaban J connectivity index is 1.41. The third-order valence-corrected chi connectivity index (χ3v) is 4.80. The second kappa shape index (κ2) is 7.79. The van der Waals surface area contributed by atoms with Crippen molar-refractivity contribution in [3.05, 3.63) is 30.3 Å². The number of likely N-dealkylation sites (tertiary alicyclic amines) is 1. The van der Waals surface area contributed by atoms with Gasteiger partial charge in [-0.15, -0.1) is 0 Å². The number of piperidine rings is 1. The molecule has 5 heteroatoms. The van der Waals surface area contributed by atoms with Crippen LogP contribution in [0.4, 0.5) is 0 Å². The lowest BCUT2D eigenvalue weighted by Gasteiger charge is -2.33. The molecule has 2 saturated heterocycles. The van der Waals surface area contributed by atoms with Crippen LogP contribution in [0.2, 0.25) is 0 Å². The fourth-order valence-corrected chi connectivity index (χ4v) is 3.32. The number of nitrogens with two attached hydrogens (primary N) is 1. The van der Waals surface area contributed by atoms with Gasteiger partial charge in [-0.3, -0.25) is 4.79 Å². The summed E-state index contributed by atoms with van der Waals surface area (Å²) >= 11 is 0. The van der Waals surface area contributed by atoms with Crippen molar-refractivity contribution in [3.8, 4) is 5.75 Å². The lowest BCUT2D eigenvalue weighted by atomic mass is 9.97. The van der Waals surface area contributed by atoms with Crippen LogP contribution >= 0.6 is 0 Å². The minimum absolute atomic E-state index is 0.0563. The molecule has 0 radical (unpaired) electrons. The van der Waals surface area contributed by atoms with E-state index in [1.54, 1.807) is 0 Å². The number of carbonyl (C=O) groups excluding carboxylic acids is 1. The van der Waals surface area contributed by atoms with Gasteiger partial charge in [-0.25, -0.2) is 0 Å². The largest absolute Gasteiger partial charge is 0.493 e. The quantitative estimate of drug-likeness (QED) is 0.899. The first-order valence-corrected chi connectivity index (χ1v) is 8.58. The fraction of sp³-hybridized carbons (Fsp3) is 0.611. The SMILES string of the molecule is NC[C@H]1CC[C@@H](C(=O)N2CCC(COc3ccccc3)CC2)O1. The molecule has 0 aromatic heterocycles. The van der Waals surface area contributed by atoms with Crippen molar-refractivity contribution in [3.63, 3.8) is 0 Å².